The number of hydrogen-bond acceptors (Lipinski definition) is 5. The van der Waals surface area contributed by atoms with Gasteiger partial charge in [0.1, 0.15) is 0 Å². The van der Waals surface area contributed by atoms with Gasteiger partial charge in [0.2, 0.25) is 0 Å². The molecule has 0 bridgehead atoms. The molecule has 1 aromatic carbocycles. The third kappa shape index (κ3) is 3.82. The minimum atomic E-state index is 0.595. The lowest BCUT2D eigenvalue weighted by Crippen LogP contribution is -2.09. The number of nitrogens with zero attached hydrogens (tertiary/aromatic N) is 1. The van der Waals surface area contributed by atoms with Crippen LogP contribution in [0.1, 0.15) is 20.3 Å². The fourth-order valence-electron chi connectivity index (χ4n) is 2.17. The van der Waals surface area contributed by atoms with Crippen LogP contribution in [-0.4, -0.2) is 31.2 Å². The second kappa shape index (κ2) is 6.88. The van der Waals surface area contributed by atoms with Crippen LogP contribution in [0.3, 0.4) is 0 Å². The molecule has 1 aliphatic heterocycles. The standard InChI is InChI=1S/C15H22N2O2S/c1-10(2)7-12-9-16-15(20-12)17-11-5-6-13(18-3)14(8-11)19-4/h5-6,8,10,12H,7,9H2,1-4H3,(H,16,17). The number of thioether (sulfide) groups is 1. The van der Waals surface area contributed by atoms with Crippen LogP contribution in [0, 0.1) is 5.92 Å². The summed E-state index contributed by atoms with van der Waals surface area (Å²) in [4.78, 5) is 4.56. The van der Waals surface area contributed by atoms with Crippen molar-refractivity contribution in [1.82, 2.24) is 0 Å². The van der Waals surface area contributed by atoms with Crippen LogP contribution in [0.2, 0.25) is 0 Å². The molecule has 0 aromatic heterocycles. The van der Waals surface area contributed by atoms with E-state index in [1.54, 1.807) is 14.2 Å². The number of benzene rings is 1. The molecule has 5 heteroatoms. The molecule has 1 atom stereocenters. The number of aliphatic imine (C=N–C) groups is 1. The fourth-order valence-corrected chi connectivity index (χ4v) is 3.44. The lowest BCUT2D eigenvalue weighted by Gasteiger charge is -2.12. The summed E-state index contributed by atoms with van der Waals surface area (Å²) in [5.41, 5.74) is 0.971. The van der Waals surface area contributed by atoms with E-state index in [0.717, 1.165) is 28.9 Å². The first-order chi connectivity index (χ1) is 9.62. The summed E-state index contributed by atoms with van der Waals surface area (Å²) in [6.07, 6.45) is 1.20. The molecule has 0 saturated heterocycles. The molecule has 2 rings (SSSR count). The molecule has 1 aliphatic rings. The number of rotatable bonds is 5. The van der Waals surface area contributed by atoms with Gasteiger partial charge < -0.3 is 14.8 Å². The zero-order chi connectivity index (χ0) is 14.5. The van der Waals surface area contributed by atoms with Crippen molar-refractivity contribution in [3.8, 4) is 11.5 Å². The number of amidine groups is 1. The maximum Gasteiger partial charge on any atom is 0.162 e. The lowest BCUT2D eigenvalue weighted by atomic mass is 10.1. The van der Waals surface area contributed by atoms with E-state index >= 15 is 0 Å². The Kier molecular flexibility index (Phi) is 5.17. The predicted molar refractivity (Wildman–Crippen MR) is 86.3 cm³/mol. The van der Waals surface area contributed by atoms with Crippen LogP contribution in [0.25, 0.3) is 0 Å². The van der Waals surface area contributed by atoms with Crippen LogP contribution >= 0.6 is 11.8 Å². The normalized spacial score (nSPS) is 18.1. The SMILES string of the molecule is COc1ccc(NC2=NCC(CC(C)C)S2)cc1OC. The molecule has 1 N–H and O–H groups in total. The Morgan fingerprint density at radius 2 is 2.05 bits per heavy atom. The van der Waals surface area contributed by atoms with Gasteiger partial charge in [0.05, 0.1) is 20.8 Å². The molecule has 1 aromatic rings. The number of nitrogens with one attached hydrogen (secondary N) is 1. The van der Waals surface area contributed by atoms with Crippen LogP contribution in [-0.2, 0) is 0 Å². The highest BCUT2D eigenvalue weighted by Gasteiger charge is 2.20. The second-order valence-electron chi connectivity index (χ2n) is 5.21. The quantitative estimate of drug-likeness (QED) is 0.900. The molecule has 0 saturated carbocycles. The summed E-state index contributed by atoms with van der Waals surface area (Å²) >= 11 is 1.82. The molecule has 0 aliphatic carbocycles. The molecule has 0 fully saturated rings. The first-order valence-electron chi connectivity index (χ1n) is 6.82. The van der Waals surface area contributed by atoms with Crippen molar-refractivity contribution in [2.45, 2.75) is 25.5 Å². The maximum atomic E-state index is 5.30. The highest BCUT2D eigenvalue weighted by molar-refractivity contribution is 8.15. The van der Waals surface area contributed by atoms with Crippen molar-refractivity contribution in [3.05, 3.63) is 18.2 Å². The third-order valence-electron chi connectivity index (χ3n) is 3.09. The molecular formula is C15H22N2O2S. The summed E-state index contributed by atoms with van der Waals surface area (Å²) in [5.74, 6) is 2.17. The van der Waals surface area contributed by atoms with Gasteiger partial charge in [-0.3, -0.25) is 4.99 Å². The van der Waals surface area contributed by atoms with E-state index in [1.807, 2.05) is 30.0 Å². The van der Waals surface area contributed by atoms with Crippen LogP contribution < -0.4 is 14.8 Å². The van der Waals surface area contributed by atoms with Crippen LogP contribution in [0.15, 0.2) is 23.2 Å². The van der Waals surface area contributed by atoms with E-state index in [1.165, 1.54) is 6.42 Å². The van der Waals surface area contributed by atoms with Crippen molar-refractivity contribution in [1.29, 1.82) is 0 Å². The molecule has 0 amide bonds. The third-order valence-corrected chi connectivity index (χ3v) is 4.22. The number of anilines is 1. The van der Waals surface area contributed by atoms with E-state index in [9.17, 15) is 0 Å². The van der Waals surface area contributed by atoms with E-state index in [0.29, 0.717) is 11.2 Å². The lowest BCUT2D eigenvalue weighted by molar-refractivity contribution is 0.355. The minimum Gasteiger partial charge on any atom is -0.493 e. The maximum absolute atomic E-state index is 5.30. The van der Waals surface area contributed by atoms with Gasteiger partial charge in [0.25, 0.3) is 0 Å². The van der Waals surface area contributed by atoms with E-state index in [-0.39, 0.29) is 0 Å². The first kappa shape index (κ1) is 15.0. The number of methoxy groups -OCH3 is 2. The monoisotopic (exact) mass is 294 g/mol. The van der Waals surface area contributed by atoms with Gasteiger partial charge in [-0.05, 0) is 24.5 Å². The van der Waals surface area contributed by atoms with Crippen LogP contribution in [0.5, 0.6) is 11.5 Å². The Labute approximate surface area is 125 Å². The molecule has 1 unspecified atom stereocenters. The zero-order valence-electron chi connectivity index (χ0n) is 12.5. The van der Waals surface area contributed by atoms with Crippen molar-refractivity contribution >= 4 is 22.6 Å². The average molecular weight is 294 g/mol. The molecule has 1 heterocycles. The van der Waals surface area contributed by atoms with Crippen molar-refractivity contribution in [2.75, 3.05) is 26.1 Å². The van der Waals surface area contributed by atoms with E-state index < -0.39 is 0 Å². The second-order valence-corrected chi connectivity index (χ2v) is 6.50. The van der Waals surface area contributed by atoms with Crippen molar-refractivity contribution in [2.24, 2.45) is 10.9 Å². The first-order valence-corrected chi connectivity index (χ1v) is 7.70. The smallest absolute Gasteiger partial charge is 0.162 e. The Morgan fingerprint density at radius 3 is 2.70 bits per heavy atom. The van der Waals surface area contributed by atoms with Gasteiger partial charge in [-0.15, -0.1) is 0 Å². The molecule has 0 spiro atoms. The van der Waals surface area contributed by atoms with Gasteiger partial charge in [-0.1, -0.05) is 25.6 Å². The molecular weight excluding hydrogens is 272 g/mol. The molecule has 4 nitrogen and oxygen atoms in total. The van der Waals surface area contributed by atoms with Gasteiger partial charge in [-0.25, -0.2) is 0 Å². The Morgan fingerprint density at radius 1 is 1.30 bits per heavy atom. The fraction of sp³-hybridized carbons (Fsp3) is 0.533. The van der Waals surface area contributed by atoms with Gasteiger partial charge in [-0.2, -0.15) is 0 Å². The van der Waals surface area contributed by atoms with Gasteiger partial charge in [0, 0.05) is 17.0 Å². The van der Waals surface area contributed by atoms with E-state index in [2.05, 4.69) is 24.2 Å². The zero-order valence-corrected chi connectivity index (χ0v) is 13.3. The number of ether oxygens (including phenoxy) is 2. The highest BCUT2D eigenvalue weighted by atomic mass is 32.2. The van der Waals surface area contributed by atoms with Gasteiger partial charge in [0.15, 0.2) is 16.7 Å². The summed E-state index contributed by atoms with van der Waals surface area (Å²) in [7, 11) is 3.28. The van der Waals surface area contributed by atoms with Crippen molar-refractivity contribution in [3.63, 3.8) is 0 Å². The predicted octanol–water partition coefficient (Wildman–Crippen LogP) is 3.63. The molecule has 0 radical (unpaired) electrons. The Bertz CT molecular complexity index is 489. The summed E-state index contributed by atoms with van der Waals surface area (Å²) in [6, 6.07) is 5.80. The summed E-state index contributed by atoms with van der Waals surface area (Å²) in [5, 5.41) is 4.93. The highest BCUT2D eigenvalue weighted by Crippen LogP contribution is 2.32. The van der Waals surface area contributed by atoms with E-state index in [4.69, 9.17) is 9.47 Å². The average Bonchev–Trinajstić information content (AvgIpc) is 2.85. The Hall–Kier alpha value is -1.36. The minimum absolute atomic E-state index is 0.595. The molecule has 20 heavy (non-hydrogen) atoms. The van der Waals surface area contributed by atoms with Crippen molar-refractivity contribution < 1.29 is 9.47 Å². The number of hydrogen-bond donors (Lipinski definition) is 1. The van der Waals surface area contributed by atoms with Crippen LogP contribution in [0.4, 0.5) is 5.69 Å². The topological polar surface area (TPSA) is 42.8 Å². The summed E-state index contributed by atoms with van der Waals surface area (Å²) < 4.78 is 10.5. The molecule has 110 valence electrons. The summed E-state index contributed by atoms with van der Waals surface area (Å²) in [6.45, 7) is 5.40. The van der Waals surface area contributed by atoms with Gasteiger partial charge >= 0.3 is 0 Å². The Balaban J connectivity index is 1.97. The largest absolute Gasteiger partial charge is 0.493 e.